The number of hydrogen-bond donors (Lipinski definition) is 3. The van der Waals surface area contributed by atoms with E-state index in [0.29, 0.717) is 6.42 Å². The molecular formula is C14H22N2O3S. The summed E-state index contributed by atoms with van der Waals surface area (Å²) in [7, 11) is 0. The second kappa shape index (κ2) is 6.26. The number of thiophene rings is 1. The van der Waals surface area contributed by atoms with Crippen molar-refractivity contribution >= 4 is 23.3 Å². The minimum Gasteiger partial charge on any atom is -0.480 e. The van der Waals surface area contributed by atoms with Crippen LogP contribution >= 0.6 is 11.3 Å². The molecule has 112 valence electrons. The molecule has 0 aliphatic heterocycles. The Balaban J connectivity index is 2.71. The number of carboxylic acids is 1. The zero-order valence-electron chi connectivity index (χ0n) is 12.5. The van der Waals surface area contributed by atoms with Crippen molar-refractivity contribution in [2.24, 2.45) is 0 Å². The van der Waals surface area contributed by atoms with Gasteiger partial charge >= 0.3 is 12.0 Å². The van der Waals surface area contributed by atoms with Gasteiger partial charge in [0.25, 0.3) is 0 Å². The van der Waals surface area contributed by atoms with Crippen LogP contribution in [0.2, 0.25) is 0 Å². The molecule has 0 aromatic carbocycles. The fourth-order valence-electron chi connectivity index (χ4n) is 1.93. The van der Waals surface area contributed by atoms with Crippen molar-refractivity contribution in [3.05, 3.63) is 21.4 Å². The molecule has 0 aliphatic rings. The highest BCUT2D eigenvalue weighted by atomic mass is 32.1. The number of aryl methyl sites for hydroxylation is 2. The van der Waals surface area contributed by atoms with Crippen LogP contribution in [0.3, 0.4) is 0 Å². The third-order valence-electron chi connectivity index (χ3n) is 3.46. The third kappa shape index (κ3) is 3.72. The molecule has 5 nitrogen and oxygen atoms in total. The first-order chi connectivity index (χ1) is 9.19. The van der Waals surface area contributed by atoms with Gasteiger partial charge in [-0.3, -0.25) is 0 Å². The van der Waals surface area contributed by atoms with Gasteiger partial charge in [0.05, 0.1) is 6.04 Å². The first-order valence-electron chi connectivity index (χ1n) is 6.58. The zero-order chi connectivity index (χ0) is 15.5. The molecule has 1 heterocycles. The Labute approximate surface area is 123 Å². The summed E-state index contributed by atoms with van der Waals surface area (Å²) >= 11 is 1.68. The topological polar surface area (TPSA) is 78.4 Å². The Morgan fingerprint density at radius 3 is 2.45 bits per heavy atom. The Morgan fingerprint density at radius 1 is 1.45 bits per heavy atom. The van der Waals surface area contributed by atoms with Gasteiger partial charge in [-0.2, -0.15) is 0 Å². The number of urea groups is 1. The molecule has 1 rings (SSSR count). The van der Waals surface area contributed by atoms with E-state index in [1.807, 2.05) is 26.8 Å². The van der Waals surface area contributed by atoms with Crippen LogP contribution in [0.15, 0.2) is 6.07 Å². The summed E-state index contributed by atoms with van der Waals surface area (Å²) in [6.07, 6.45) is 0.320. The molecule has 6 heteroatoms. The van der Waals surface area contributed by atoms with Crippen LogP contribution in [0.25, 0.3) is 0 Å². The van der Waals surface area contributed by atoms with E-state index in [9.17, 15) is 9.59 Å². The van der Waals surface area contributed by atoms with Gasteiger partial charge in [0.1, 0.15) is 5.54 Å². The van der Waals surface area contributed by atoms with Crippen molar-refractivity contribution in [1.82, 2.24) is 10.6 Å². The summed E-state index contributed by atoms with van der Waals surface area (Å²) in [5.41, 5.74) is -0.181. The van der Waals surface area contributed by atoms with E-state index in [1.165, 1.54) is 11.8 Å². The molecule has 0 saturated carbocycles. The second-order valence-corrected chi connectivity index (χ2v) is 6.64. The predicted octanol–water partition coefficient (Wildman–Crippen LogP) is 2.98. The maximum absolute atomic E-state index is 11.9. The van der Waals surface area contributed by atoms with E-state index >= 15 is 0 Å². The number of carbonyl (C=O) groups is 2. The van der Waals surface area contributed by atoms with Crippen LogP contribution in [0, 0.1) is 13.8 Å². The molecule has 2 atom stereocenters. The van der Waals surface area contributed by atoms with Crippen LogP contribution in [-0.2, 0) is 4.79 Å². The maximum Gasteiger partial charge on any atom is 0.329 e. The van der Waals surface area contributed by atoms with Gasteiger partial charge in [-0.25, -0.2) is 9.59 Å². The van der Waals surface area contributed by atoms with Crippen molar-refractivity contribution in [2.45, 2.75) is 52.6 Å². The predicted molar refractivity (Wildman–Crippen MR) is 80.2 cm³/mol. The summed E-state index contributed by atoms with van der Waals surface area (Å²) in [5, 5.41) is 14.5. The standard InChI is InChI=1S/C14H22N2O3S/c1-6-14(5,12(17)18)16-13(19)15-9(3)11-7-8(2)20-10(11)4/h7,9H,6H2,1-5H3,(H,17,18)(H2,15,16,19). The molecule has 0 aliphatic carbocycles. The number of carboxylic acid groups (broad SMARTS) is 1. The summed E-state index contributed by atoms with van der Waals surface area (Å²) < 4.78 is 0. The lowest BCUT2D eigenvalue weighted by atomic mass is 10.00. The van der Waals surface area contributed by atoms with E-state index in [-0.39, 0.29) is 6.04 Å². The molecule has 0 radical (unpaired) electrons. The number of nitrogens with one attached hydrogen (secondary N) is 2. The van der Waals surface area contributed by atoms with Crippen LogP contribution < -0.4 is 10.6 Å². The Kier molecular flexibility index (Phi) is 5.16. The molecule has 3 N–H and O–H groups in total. The van der Waals surface area contributed by atoms with E-state index in [4.69, 9.17) is 5.11 Å². The summed E-state index contributed by atoms with van der Waals surface area (Å²) in [6, 6.07) is 1.42. The van der Waals surface area contributed by atoms with Gasteiger partial charge in [0.15, 0.2) is 0 Å². The molecule has 0 spiro atoms. The maximum atomic E-state index is 11.9. The van der Waals surface area contributed by atoms with E-state index in [2.05, 4.69) is 10.6 Å². The van der Waals surface area contributed by atoms with Gasteiger partial charge < -0.3 is 15.7 Å². The molecule has 20 heavy (non-hydrogen) atoms. The van der Waals surface area contributed by atoms with E-state index < -0.39 is 17.5 Å². The van der Waals surface area contributed by atoms with Crippen molar-refractivity contribution in [3.63, 3.8) is 0 Å². The highest BCUT2D eigenvalue weighted by Crippen LogP contribution is 2.26. The average molecular weight is 298 g/mol. The van der Waals surface area contributed by atoms with Gasteiger partial charge in [-0.1, -0.05) is 6.92 Å². The van der Waals surface area contributed by atoms with Crippen molar-refractivity contribution in [1.29, 1.82) is 0 Å². The largest absolute Gasteiger partial charge is 0.480 e. The number of aliphatic carboxylic acids is 1. The van der Waals surface area contributed by atoms with E-state index in [1.54, 1.807) is 18.3 Å². The lowest BCUT2D eigenvalue weighted by Gasteiger charge is -2.26. The summed E-state index contributed by atoms with van der Waals surface area (Å²) in [4.78, 5) is 25.5. The van der Waals surface area contributed by atoms with Crippen molar-refractivity contribution < 1.29 is 14.7 Å². The highest BCUT2D eigenvalue weighted by Gasteiger charge is 2.33. The lowest BCUT2D eigenvalue weighted by Crippen LogP contribution is -2.55. The molecule has 0 fully saturated rings. The number of carbonyl (C=O) groups excluding carboxylic acids is 1. The van der Waals surface area contributed by atoms with Crippen molar-refractivity contribution in [2.75, 3.05) is 0 Å². The molecule has 0 saturated heterocycles. The Morgan fingerprint density at radius 2 is 2.05 bits per heavy atom. The average Bonchev–Trinajstić information content (AvgIpc) is 2.67. The minimum atomic E-state index is -1.25. The molecule has 2 amide bonds. The lowest BCUT2D eigenvalue weighted by molar-refractivity contribution is -0.143. The molecular weight excluding hydrogens is 276 g/mol. The third-order valence-corrected chi connectivity index (χ3v) is 4.44. The van der Waals surface area contributed by atoms with Gasteiger partial charge in [0, 0.05) is 9.75 Å². The monoisotopic (exact) mass is 298 g/mol. The fraction of sp³-hybridized carbons (Fsp3) is 0.571. The SMILES string of the molecule is CCC(C)(NC(=O)NC(C)c1cc(C)sc1C)C(=O)O. The highest BCUT2D eigenvalue weighted by molar-refractivity contribution is 7.12. The molecule has 2 unspecified atom stereocenters. The quantitative estimate of drug-likeness (QED) is 0.782. The zero-order valence-corrected chi connectivity index (χ0v) is 13.4. The number of rotatable bonds is 5. The van der Waals surface area contributed by atoms with Gasteiger partial charge in [-0.15, -0.1) is 11.3 Å². The fourth-order valence-corrected chi connectivity index (χ4v) is 2.96. The molecule has 1 aromatic rings. The van der Waals surface area contributed by atoms with Crippen LogP contribution in [0.5, 0.6) is 0 Å². The second-order valence-electron chi connectivity index (χ2n) is 5.18. The van der Waals surface area contributed by atoms with Gasteiger partial charge in [-0.05, 0) is 45.7 Å². The number of hydrogen-bond acceptors (Lipinski definition) is 3. The Bertz CT molecular complexity index is 513. The summed E-state index contributed by atoms with van der Waals surface area (Å²) in [6.45, 7) is 9.14. The first kappa shape index (κ1) is 16.5. The van der Waals surface area contributed by atoms with Crippen molar-refractivity contribution in [3.8, 4) is 0 Å². The summed E-state index contributed by atoms with van der Waals surface area (Å²) in [5.74, 6) is -1.04. The van der Waals surface area contributed by atoms with Gasteiger partial charge in [0.2, 0.25) is 0 Å². The number of amides is 2. The smallest absolute Gasteiger partial charge is 0.329 e. The Hall–Kier alpha value is -1.56. The molecule has 0 bridgehead atoms. The van der Waals surface area contributed by atoms with E-state index in [0.717, 1.165) is 10.4 Å². The first-order valence-corrected chi connectivity index (χ1v) is 7.40. The van der Waals surface area contributed by atoms with Crippen LogP contribution in [0.1, 0.15) is 48.6 Å². The van der Waals surface area contributed by atoms with Crippen LogP contribution in [0.4, 0.5) is 4.79 Å². The van der Waals surface area contributed by atoms with Crippen LogP contribution in [-0.4, -0.2) is 22.6 Å². The molecule has 1 aromatic heterocycles. The normalized spacial score (nSPS) is 15.2. The minimum absolute atomic E-state index is 0.158.